The van der Waals surface area contributed by atoms with Crippen molar-refractivity contribution in [2.75, 3.05) is 19.0 Å². The molecule has 32 heavy (non-hydrogen) atoms. The number of amides is 2. The summed E-state index contributed by atoms with van der Waals surface area (Å²) >= 11 is 5.93. The summed E-state index contributed by atoms with van der Waals surface area (Å²) in [6.07, 6.45) is -0.0252. The summed E-state index contributed by atoms with van der Waals surface area (Å²) in [6, 6.07) is 12.4. The molecule has 0 aliphatic carbocycles. The number of halogens is 3. The fourth-order valence-electron chi connectivity index (χ4n) is 2.90. The molecule has 0 bridgehead atoms. The molecule has 3 rings (SSSR count). The molecule has 1 aliphatic rings. The Labute approximate surface area is 192 Å². The molecule has 1 atom stereocenters. The lowest BCUT2D eigenvalue weighted by atomic mass is 10.2. The van der Waals surface area contributed by atoms with E-state index < -0.39 is 10.8 Å². The Bertz CT molecular complexity index is 998. The number of ether oxygens (including phenoxy) is 2. The van der Waals surface area contributed by atoms with Crippen LogP contribution in [-0.2, 0) is 9.59 Å². The number of amidine groups is 1. The van der Waals surface area contributed by atoms with Gasteiger partial charge in [-0.1, -0.05) is 11.8 Å². The molecule has 0 aromatic heterocycles. The summed E-state index contributed by atoms with van der Waals surface area (Å²) in [5.74, 6) is 0.0224. The maximum Gasteiger partial charge on any atom is 0.487 e. The monoisotopic (exact) mass is 483 g/mol. The highest BCUT2D eigenvalue weighted by molar-refractivity contribution is 8.15. The average molecular weight is 484 g/mol. The van der Waals surface area contributed by atoms with Crippen molar-refractivity contribution < 1.29 is 27.8 Å². The van der Waals surface area contributed by atoms with E-state index in [1.807, 2.05) is 0 Å². The molecule has 0 saturated carbocycles. The third-order valence-corrected chi connectivity index (χ3v) is 5.63. The fourth-order valence-corrected chi connectivity index (χ4v) is 4.21. The van der Waals surface area contributed by atoms with Crippen LogP contribution in [0.4, 0.5) is 20.2 Å². The van der Waals surface area contributed by atoms with Crippen molar-refractivity contribution in [2.45, 2.75) is 24.2 Å². The predicted octanol–water partition coefficient (Wildman–Crippen LogP) is 4.84. The highest BCUT2D eigenvalue weighted by Crippen LogP contribution is 2.33. The molecule has 1 heterocycles. The summed E-state index contributed by atoms with van der Waals surface area (Å²) in [7, 11) is 1.55. The molecule has 11 heteroatoms. The molecular weight excluding hydrogens is 464 g/mol. The van der Waals surface area contributed by atoms with Gasteiger partial charge in [0, 0.05) is 30.3 Å². The quantitative estimate of drug-likeness (QED) is 0.543. The molecule has 1 unspecified atom stereocenters. The van der Waals surface area contributed by atoms with Crippen molar-refractivity contribution in [3.05, 3.63) is 48.5 Å². The second-order valence-corrected chi connectivity index (χ2v) is 8.22. The van der Waals surface area contributed by atoms with E-state index in [-0.39, 0.29) is 24.0 Å². The number of aliphatic imine (C=N–C) groups is 1. The van der Waals surface area contributed by atoms with Crippen LogP contribution in [0.15, 0.2) is 53.5 Å². The van der Waals surface area contributed by atoms with Gasteiger partial charge in [-0.25, -0.2) is 4.99 Å². The average Bonchev–Trinajstić information content (AvgIpc) is 3.02. The first-order valence-electron chi connectivity index (χ1n) is 9.55. The molecule has 1 fully saturated rings. The Morgan fingerprint density at radius 2 is 1.81 bits per heavy atom. The molecule has 2 aromatic carbocycles. The maximum absolute atomic E-state index is 12.7. The van der Waals surface area contributed by atoms with Gasteiger partial charge in [-0.05, 0) is 55.5 Å². The van der Waals surface area contributed by atoms with Gasteiger partial charge in [0.25, 0.3) is 0 Å². The SMILES string of the molecule is CCN1C(=O)C(CC(=O)Nc2ccc(OC)cc2)SC1=Nc1ccc(OC(F)(F)Cl)cc1. The van der Waals surface area contributed by atoms with Crippen LogP contribution < -0.4 is 14.8 Å². The van der Waals surface area contributed by atoms with Crippen molar-refractivity contribution in [3.8, 4) is 11.5 Å². The Morgan fingerprint density at radius 3 is 2.38 bits per heavy atom. The summed E-state index contributed by atoms with van der Waals surface area (Å²) in [6.45, 7) is 2.17. The van der Waals surface area contributed by atoms with Gasteiger partial charge in [0.2, 0.25) is 11.8 Å². The number of rotatable bonds is 8. The summed E-state index contributed by atoms with van der Waals surface area (Å²) in [5, 5.41) is 2.56. The lowest BCUT2D eigenvalue weighted by molar-refractivity contribution is -0.128. The van der Waals surface area contributed by atoms with Crippen molar-refractivity contribution >= 4 is 51.7 Å². The van der Waals surface area contributed by atoms with Gasteiger partial charge in [-0.3, -0.25) is 14.5 Å². The molecule has 0 spiro atoms. The van der Waals surface area contributed by atoms with Crippen LogP contribution in [-0.4, -0.2) is 46.4 Å². The zero-order valence-corrected chi connectivity index (χ0v) is 18.8. The minimum Gasteiger partial charge on any atom is -0.497 e. The molecule has 1 aliphatic heterocycles. The molecule has 1 N–H and O–H groups in total. The first-order valence-corrected chi connectivity index (χ1v) is 10.8. The molecular formula is C21H20ClF2N3O4S. The first kappa shape index (κ1) is 23.8. The molecule has 2 amide bonds. The minimum absolute atomic E-state index is 0.0252. The highest BCUT2D eigenvalue weighted by atomic mass is 35.5. The van der Waals surface area contributed by atoms with E-state index in [2.05, 4.69) is 15.0 Å². The smallest absolute Gasteiger partial charge is 0.487 e. The van der Waals surface area contributed by atoms with Crippen LogP contribution in [0.5, 0.6) is 11.5 Å². The zero-order chi connectivity index (χ0) is 23.3. The topological polar surface area (TPSA) is 80.2 Å². The Hall–Kier alpha value is -2.85. The fraction of sp³-hybridized carbons (Fsp3) is 0.286. The van der Waals surface area contributed by atoms with Crippen LogP contribution in [0.25, 0.3) is 0 Å². The van der Waals surface area contributed by atoms with Crippen molar-refractivity contribution in [1.29, 1.82) is 0 Å². The number of nitrogens with one attached hydrogen (secondary N) is 1. The van der Waals surface area contributed by atoms with E-state index in [0.29, 0.717) is 28.8 Å². The number of anilines is 1. The van der Waals surface area contributed by atoms with Crippen LogP contribution in [0.2, 0.25) is 0 Å². The number of carbonyl (C=O) groups excluding carboxylic acids is 2. The van der Waals surface area contributed by atoms with Crippen LogP contribution in [0.1, 0.15) is 13.3 Å². The number of thioether (sulfide) groups is 1. The van der Waals surface area contributed by atoms with E-state index >= 15 is 0 Å². The third kappa shape index (κ3) is 6.33. The number of methoxy groups -OCH3 is 1. The predicted molar refractivity (Wildman–Crippen MR) is 120 cm³/mol. The highest BCUT2D eigenvalue weighted by Gasteiger charge is 2.38. The van der Waals surface area contributed by atoms with Crippen molar-refractivity contribution in [1.82, 2.24) is 4.90 Å². The van der Waals surface area contributed by atoms with Gasteiger partial charge in [-0.2, -0.15) is 0 Å². The van der Waals surface area contributed by atoms with Gasteiger partial charge in [-0.15, -0.1) is 8.78 Å². The van der Waals surface area contributed by atoms with Gasteiger partial charge in [0.1, 0.15) is 16.7 Å². The Kier molecular flexibility index (Phi) is 7.57. The minimum atomic E-state index is -3.81. The number of carbonyl (C=O) groups is 2. The van der Waals surface area contributed by atoms with E-state index in [0.717, 1.165) is 0 Å². The largest absolute Gasteiger partial charge is 0.497 e. The first-order chi connectivity index (χ1) is 15.2. The molecule has 170 valence electrons. The van der Waals surface area contributed by atoms with E-state index in [1.54, 1.807) is 38.3 Å². The number of alkyl halides is 3. The Balaban J connectivity index is 1.66. The second kappa shape index (κ2) is 10.2. The maximum atomic E-state index is 12.7. The molecule has 0 radical (unpaired) electrons. The van der Waals surface area contributed by atoms with E-state index in [4.69, 9.17) is 16.3 Å². The van der Waals surface area contributed by atoms with Crippen LogP contribution in [0, 0.1) is 0 Å². The van der Waals surface area contributed by atoms with Gasteiger partial charge < -0.3 is 14.8 Å². The van der Waals surface area contributed by atoms with Gasteiger partial charge in [0.15, 0.2) is 5.17 Å². The normalized spacial score (nSPS) is 17.5. The Morgan fingerprint density at radius 1 is 1.19 bits per heavy atom. The van der Waals surface area contributed by atoms with Gasteiger partial charge >= 0.3 is 5.57 Å². The van der Waals surface area contributed by atoms with Crippen LogP contribution >= 0.6 is 23.4 Å². The zero-order valence-electron chi connectivity index (χ0n) is 17.2. The third-order valence-electron chi connectivity index (χ3n) is 4.38. The van der Waals surface area contributed by atoms with Crippen molar-refractivity contribution in [2.24, 2.45) is 4.99 Å². The van der Waals surface area contributed by atoms with E-state index in [1.165, 1.54) is 40.9 Å². The number of hydrogen-bond acceptors (Lipinski definition) is 6. The summed E-state index contributed by atoms with van der Waals surface area (Å²) in [5.41, 5.74) is -2.77. The molecule has 2 aromatic rings. The summed E-state index contributed by atoms with van der Waals surface area (Å²) < 4.78 is 34.8. The second-order valence-electron chi connectivity index (χ2n) is 6.61. The number of hydrogen-bond donors (Lipinski definition) is 1. The standard InChI is InChI=1S/C21H20ClF2N3O4S/c1-3-27-19(29)17(12-18(28)25-13-4-8-15(30-2)9-5-13)32-20(27)26-14-6-10-16(11-7-14)31-21(22,23)24/h4-11,17H,3,12H2,1-2H3,(H,25,28). The molecule has 7 nitrogen and oxygen atoms in total. The molecule has 1 saturated heterocycles. The van der Waals surface area contributed by atoms with E-state index in [9.17, 15) is 18.4 Å². The summed E-state index contributed by atoms with van der Waals surface area (Å²) in [4.78, 5) is 31.1. The van der Waals surface area contributed by atoms with Crippen molar-refractivity contribution in [3.63, 3.8) is 0 Å². The van der Waals surface area contributed by atoms with Gasteiger partial charge in [0.05, 0.1) is 12.8 Å². The van der Waals surface area contributed by atoms with Crippen LogP contribution in [0.3, 0.4) is 0 Å². The number of benzene rings is 2. The number of nitrogens with zero attached hydrogens (tertiary/aromatic N) is 2. The lowest BCUT2D eigenvalue weighted by Gasteiger charge is -2.13. The lowest BCUT2D eigenvalue weighted by Crippen LogP contribution is -2.33.